The van der Waals surface area contributed by atoms with E-state index in [4.69, 9.17) is 5.73 Å². The summed E-state index contributed by atoms with van der Waals surface area (Å²) in [4.78, 5) is 20.4. The molecular formula is C12H14IN5O. The normalized spacial score (nSPS) is 22.5. The molecule has 19 heavy (non-hydrogen) atoms. The summed E-state index contributed by atoms with van der Waals surface area (Å²) in [5.41, 5.74) is 9.67. The molecule has 0 saturated heterocycles. The number of nitrogens with zero attached hydrogens (tertiary/aromatic N) is 4. The molecule has 1 aliphatic carbocycles. The van der Waals surface area contributed by atoms with E-state index in [9.17, 15) is 4.79 Å². The molecule has 0 bridgehead atoms. The van der Waals surface area contributed by atoms with Crippen LogP contribution in [0.1, 0.15) is 17.7 Å². The fourth-order valence-electron chi connectivity index (χ4n) is 2.85. The minimum atomic E-state index is -0.360. The molecule has 2 heterocycles. The summed E-state index contributed by atoms with van der Waals surface area (Å²) in [6, 6.07) is -0.360. The first-order valence-electron chi connectivity index (χ1n) is 6.01. The average Bonchev–Trinajstić information content (AvgIpc) is 2.62. The number of likely N-dealkylation sites (N-methyl/N-ethyl adjacent to an activating group) is 1. The van der Waals surface area contributed by atoms with Crippen LogP contribution in [0.5, 0.6) is 0 Å². The number of carbonyl (C=O) groups excluding carboxylic acids is 1. The predicted molar refractivity (Wildman–Crippen MR) is 78.5 cm³/mol. The van der Waals surface area contributed by atoms with Crippen molar-refractivity contribution < 1.29 is 4.79 Å². The first kappa shape index (κ1) is 12.8. The third-order valence-corrected chi connectivity index (χ3v) is 4.32. The third kappa shape index (κ3) is 1.83. The number of halogens is 1. The number of primary amides is 1. The smallest absolute Gasteiger partial charge is 0.240 e. The first-order valence-corrected chi connectivity index (χ1v) is 7.09. The van der Waals surface area contributed by atoms with Gasteiger partial charge in [-0.3, -0.25) is 4.79 Å². The number of amides is 1. The quantitative estimate of drug-likeness (QED) is 0.571. The molecule has 2 N–H and O–H groups in total. The largest absolute Gasteiger partial charge is 0.368 e. The van der Waals surface area contributed by atoms with Gasteiger partial charge < -0.3 is 10.7 Å². The Hall–Kier alpha value is -1.22. The van der Waals surface area contributed by atoms with E-state index in [2.05, 4.69) is 32.6 Å². The van der Waals surface area contributed by atoms with Crippen molar-refractivity contribution in [3.63, 3.8) is 0 Å². The van der Waals surface area contributed by atoms with Gasteiger partial charge in [0, 0.05) is 42.9 Å². The highest BCUT2D eigenvalue weighted by molar-refractivity contribution is 14.1. The molecule has 1 aromatic heterocycles. The van der Waals surface area contributed by atoms with Crippen molar-refractivity contribution in [1.82, 2.24) is 20.0 Å². The van der Waals surface area contributed by atoms with E-state index in [1.807, 2.05) is 30.3 Å². The monoisotopic (exact) mass is 371 g/mol. The van der Waals surface area contributed by atoms with Gasteiger partial charge in [-0.2, -0.15) is 0 Å². The molecule has 1 atom stereocenters. The third-order valence-electron chi connectivity index (χ3n) is 3.80. The molecule has 7 heteroatoms. The molecule has 6 nitrogen and oxygen atoms in total. The van der Waals surface area contributed by atoms with Crippen LogP contribution in [0.15, 0.2) is 11.8 Å². The number of fused-ring (bicyclic) bond motifs is 2. The van der Waals surface area contributed by atoms with Crippen LogP contribution in [0, 0.1) is 3.83 Å². The highest BCUT2D eigenvalue weighted by atomic mass is 127. The van der Waals surface area contributed by atoms with Crippen LogP contribution < -0.4 is 5.73 Å². The van der Waals surface area contributed by atoms with E-state index in [0.29, 0.717) is 3.83 Å². The van der Waals surface area contributed by atoms with Crippen LogP contribution in [0.25, 0.3) is 5.70 Å². The van der Waals surface area contributed by atoms with Crippen molar-refractivity contribution in [1.29, 1.82) is 0 Å². The Balaban J connectivity index is 2.18. The molecule has 2 aliphatic rings. The maximum Gasteiger partial charge on any atom is 0.240 e. The minimum Gasteiger partial charge on any atom is -0.368 e. The second kappa shape index (κ2) is 4.41. The van der Waals surface area contributed by atoms with Gasteiger partial charge in [0.15, 0.2) is 3.83 Å². The van der Waals surface area contributed by atoms with E-state index in [0.717, 1.165) is 35.4 Å². The molecule has 0 aromatic carbocycles. The van der Waals surface area contributed by atoms with Gasteiger partial charge in [-0.15, -0.1) is 0 Å². The lowest BCUT2D eigenvalue weighted by molar-refractivity contribution is -0.124. The number of aromatic nitrogens is 2. The van der Waals surface area contributed by atoms with Crippen molar-refractivity contribution in [3.8, 4) is 0 Å². The van der Waals surface area contributed by atoms with Gasteiger partial charge in [0.1, 0.15) is 6.04 Å². The average molecular weight is 371 g/mol. The lowest BCUT2D eigenvalue weighted by Gasteiger charge is -2.27. The number of nitrogens with two attached hydrogens (primary N) is 1. The van der Waals surface area contributed by atoms with Crippen LogP contribution in [0.4, 0.5) is 0 Å². The molecule has 0 radical (unpaired) electrons. The van der Waals surface area contributed by atoms with Crippen LogP contribution in [0.2, 0.25) is 0 Å². The second-order valence-corrected chi connectivity index (χ2v) is 5.75. The van der Waals surface area contributed by atoms with Gasteiger partial charge in [0.05, 0.1) is 11.4 Å². The van der Waals surface area contributed by atoms with Gasteiger partial charge in [0.25, 0.3) is 0 Å². The predicted octanol–water partition coefficient (Wildman–Crippen LogP) is 0.385. The maximum absolute atomic E-state index is 11.7. The molecule has 0 saturated carbocycles. The fraction of sp³-hybridized carbons (Fsp3) is 0.417. The number of rotatable bonds is 1. The van der Waals surface area contributed by atoms with Crippen molar-refractivity contribution in [3.05, 3.63) is 26.9 Å². The van der Waals surface area contributed by atoms with Gasteiger partial charge in [-0.1, -0.05) is 0 Å². The lowest BCUT2D eigenvalue weighted by atomic mass is 9.90. The van der Waals surface area contributed by atoms with Crippen molar-refractivity contribution in [2.45, 2.75) is 18.9 Å². The molecule has 0 fully saturated rings. The molecule has 1 unspecified atom stereocenters. The number of hydrogen-bond acceptors (Lipinski definition) is 5. The summed E-state index contributed by atoms with van der Waals surface area (Å²) in [5, 5.41) is 3.84. The summed E-state index contributed by atoms with van der Waals surface area (Å²) < 4.78 is 0.712. The maximum atomic E-state index is 11.7. The Bertz CT molecular complexity index is 600. The zero-order valence-corrected chi connectivity index (χ0v) is 12.9. The number of aryl methyl sites for hydroxylation is 1. The Morgan fingerprint density at radius 1 is 1.47 bits per heavy atom. The van der Waals surface area contributed by atoms with Crippen molar-refractivity contribution in [2.24, 2.45) is 5.73 Å². The lowest BCUT2D eigenvalue weighted by Crippen LogP contribution is -2.44. The first-order chi connectivity index (χ1) is 9.00. The molecular weight excluding hydrogens is 357 g/mol. The highest BCUT2D eigenvalue weighted by Crippen LogP contribution is 2.40. The van der Waals surface area contributed by atoms with E-state index in [1.54, 1.807) is 0 Å². The fourth-order valence-corrected chi connectivity index (χ4v) is 3.23. The van der Waals surface area contributed by atoms with E-state index >= 15 is 0 Å². The van der Waals surface area contributed by atoms with Gasteiger partial charge in [-0.05, 0) is 24.0 Å². The minimum absolute atomic E-state index is 0.313. The number of hydrazine groups is 1. The van der Waals surface area contributed by atoms with E-state index < -0.39 is 0 Å². The van der Waals surface area contributed by atoms with Crippen LogP contribution in [-0.4, -0.2) is 46.0 Å². The highest BCUT2D eigenvalue weighted by Gasteiger charge is 2.41. The zero-order valence-electron chi connectivity index (χ0n) is 10.7. The molecule has 1 aliphatic heterocycles. The summed E-state index contributed by atoms with van der Waals surface area (Å²) in [6.07, 6.45) is 3.56. The Morgan fingerprint density at radius 2 is 2.21 bits per heavy atom. The molecule has 100 valence electrons. The molecule has 0 spiro atoms. The van der Waals surface area contributed by atoms with Crippen molar-refractivity contribution in [2.75, 3.05) is 14.1 Å². The molecule has 3 rings (SSSR count). The number of hydrogen-bond donors (Lipinski definition) is 1. The topological polar surface area (TPSA) is 75.4 Å². The second-order valence-electron chi connectivity index (χ2n) is 4.79. The van der Waals surface area contributed by atoms with E-state index in [-0.39, 0.29) is 11.9 Å². The van der Waals surface area contributed by atoms with E-state index in [1.165, 1.54) is 0 Å². The zero-order chi connectivity index (χ0) is 13.7. The summed E-state index contributed by atoms with van der Waals surface area (Å²) >= 11 is 2.10. The Kier molecular flexibility index (Phi) is 2.97. The number of carbonyl (C=O) groups is 1. The Labute approximate surface area is 124 Å². The Morgan fingerprint density at radius 3 is 2.89 bits per heavy atom. The van der Waals surface area contributed by atoms with Gasteiger partial charge in [-0.25, -0.2) is 15.0 Å². The van der Waals surface area contributed by atoms with Crippen LogP contribution in [-0.2, 0) is 11.2 Å². The van der Waals surface area contributed by atoms with Crippen LogP contribution in [0.3, 0.4) is 0 Å². The molecule has 1 amide bonds. The standard InChI is InChI=1S/C12H14IN5O/c1-17-9-7(10(11(14)19)18(17)2)4-3-6-5-15-12(13)16-8(6)9/h5,10H,3-4H2,1-2H3,(H2,14,19). The molecule has 1 aromatic rings. The van der Waals surface area contributed by atoms with Crippen molar-refractivity contribution >= 4 is 34.2 Å². The summed E-state index contributed by atoms with van der Waals surface area (Å²) in [6.45, 7) is 0. The SMILES string of the molecule is CN1C2=C(CCc3cnc(I)nc32)C(C(N)=O)N1C. The van der Waals surface area contributed by atoms with Gasteiger partial charge in [0.2, 0.25) is 5.91 Å². The van der Waals surface area contributed by atoms with Gasteiger partial charge >= 0.3 is 0 Å². The van der Waals surface area contributed by atoms with Crippen LogP contribution >= 0.6 is 22.6 Å². The summed E-state index contributed by atoms with van der Waals surface area (Å²) in [7, 11) is 3.81. The summed E-state index contributed by atoms with van der Waals surface area (Å²) in [5.74, 6) is -0.313.